The molecule has 1 heterocycles. The molecule has 3 heteroatoms. The van der Waals surface area contributed by atoms with Crippen molar-refractivity contribution in [3.05, 3.63) is 29.3 Å². The number of hydrogen-bond donors (Lipinski definition) is 1. The molecule has 0 amide bonds. The molecule has 0 bridgehead atoms. The summed E-state index contributed by atoms with van der Waals surface area (Å²) in [5.74, 6) is 1.78. The molecule has 118 valence electrons. The summed E-state index contributed by atoms with van der Waals surface area (Å²) in [6, 6.07) is 7.02. The smallest absolute Gasteiger partial charge is 0.123 e. The van der Waals surface area contributed by atoms with Crippen molar-refractivity contribution in [1.82, 2.24) is 10.2 Å². The topological polar surface area (TPSA) is 24.5 Å². The zero-order valence-corrected chi connectivity index (χ0v) is 14.1. The van der Waals surface area contributed by atoms with E-state index < -0.39 is 0 Å². The van der Waals surface area contributed by atoms with Gasteiger partial charge in [-0.05, 0) is 45.0 Å². The van der Waals surface area contributed by atoms with Crippen LogP contribution in [0.15, 0.2) is 18.2 Å². The van der Waals surface area contributed by atoms with Crippen LogP contribution in [0.3, 0.4) is 0 Å². The highest BCUT2D eigenvalue weighted by Crippen LogP contribution is 2.29. The molecule has 1 aliphatic rings. The highest BCUT2D eigenvalue weighted by molar-refractivity contribution is 5.40. The monoisotopic (exact) mass is 290 g/mol. The molecule has 0 fully saturated rings. The number of nitrogens with zero attached hydrogens (tertiary/aromatic N) is 1. The number of fused-ring (bicyclic) bond motifs is 1. The van der Waals surface area contributed by atoms with E-state index in [0.717, 1.165) is 25.3 Å². The Hall–Kier alpha value is -1.06. The standard InChI is InChI=1S/C18H30N2O/c1-13(2)8-16(12-20(4)5)19-11-17-10-15-9-14(3)6-7-18(15)21-17/h6-7,9,13,16-17,19H,8,10-12H2,1-5H3. The van der Waals surface area contributed by atoms with Crippen LogP contribution in [0.25, 0.3) is 0 Å². The van der Waals surface area contributed by atoms with Gasteiger partial charge in [0, 0.05) is 25.6 Å². The first-order valence-corrected chi connectivity index (χ1v) is 8.08. The predicted octanol–water partition coefficient (Wildman–Crippen LogP) is 2.86. The Morgan fingerprint density at radius 1 is 1.33 bits per heavy atom. The van der Waals surface area contributed by atoms with Crippen molar-refractivity contribution in [3.63, 3.8) is 0 Å². The first kappa shape index (κ1) is 16.3. The third kappa shape index (κ3) is 5.01. The Kier molecular flexibility index (Phi) is 5.65. The van der Waals surface area contributed by atoms with Gasteiger partial charge in [0.2, 0.25) is 0 Å². The molecular weight excluding hydrogens is 260 g/mol. The fourth-order valence-corrected chi connectivity index (χ4v) is 3.09. The van der Waals surface area contributed by atoms with Gasteiger partial charge >= 0.3 is 0 Å². The summed E-state index contributed by atoms with van der Waals surface area (Å²) in [5.41, 5.74) is 2.67. The first-order chi connectivity index (χ1) is 9.94. The SMILES string of the molecule is Cc1ccc2c(c1)CC(CNC(CC(C)C)CN(C)C)O2. The van der Waals surface area contributed by atoms with Gasteiger partial charge < -0.3 is 15.0 Å². The fourth-order valence-electron chi connectivity index (χ4n) is 3.09. The molecule has 1 aliphatic heterocycles. The average molecular weight is 290 g/mol. The van der Waals surface area contributed by atoms with Crippen molar-refractivity contribution in [1.29, 1.82) is 0 Å². The average Bonchev–Trinajstić information content (AvgIpc) is 2.76. The van der Waals surface area contributed by atoms with E-state index in [4.69, 9.17) is 4.74 Å². The molecule has 21 heavy (non-hydrogen) atoms. The minimum Gasteiger partial charge on any atom is -0.488 e. The fraction of sp³-hybridized carbons (Fsp3) is 0.667. The molecule has 0 saturated carbocycles. The minimum atomic E-state index is 0.277. The molecular formula is C18H30N2O. The molecule has 2 atom stereocenters. The van der Waals surface area contributed by atoms with Crippen LogP contribution in [0.5, 0.6) is 5.75 Å². The zero-order chi connectivity index (χ0) is 15.4. The van der Waals surface area contributed by atoms with Gasteiger partial charge in [0.25, 0.3) is 0 Å². The summed E-state index contributed by atoms with van der Waals surface area (Å²) in [6.07, 6.45) is 2.51. The second-order valence-electron chi connectivity index (χ2n) is 7.05. The number of aryl methyl sites for hydroxylation is 1. The quantitative estimate of drug-likeness (QED) is 0.836. The van der Waals surface area contributed by atoms with Gasteiger partial charge in [-0.1, -0.05) is 31.5 Å². The predicted molar refractivity (Wildman–Crippen MR) is 89.1 cm³/mol. The van der Waals surface area contributed by atoms with Gasteiger partial charge in [-0.15, -0.1) is 0 Å². The van der Waals surface area contributed by atoms with Gasteiger partial charge in [-0.2, -0.15) is 0 Å². The van der Waals surface area contributed by atoms with Crippen molar-refractivity contribution in [3.8, 4) is 5.75 Å². The van der Waals surface area contributed by atoms with Crippen molar-refractivity contribution in [2.75, 3.05) is 27.2 Å². The third-order valence-corrected chi connectivity index (χ3v) is 3.93. The molecule has 0 aliphatic carbocycles. The molecule has 1 N–H and O–H groups in total. The van der Waals surface area contributed by atoms with E-state index in [2.05, 4.69) is 63.3 Å². The largest absolute Gasteiger partial charge is 0.488 e. The molecule has 0 saturated heterocycles. The minimum absolute atomic E-state index is 0.277. The van der Waals surface area contributed by atoms with Crippen LogP contribution in [0, 0.1) is 12.8 Å². The van der Waals surface area contributed by atoms with Crippen LogP contribution >= 0.6 is 0 Å². The number of ether oxygens (including phenoxy) is 1. The number of rotatable bonds is 7. The second kappa shape index (κ2) is 7.28. The van der Waals surface area contributed by atoms with Crippen LogP contribution in [0.4, 0.5) is 0 Å². The van der Waals surface area contributed by atoms with E-state index in [1.807, 2.05) is 0 Å². The highest BCUT2D eigenvalue weighted by atomic mass is 16.5. The van der Waals surface area contributed by atoms with Gasteiger partial charge in [0.15, 0.2) is 0 Å². The molecule has 2 unspecified atom stereocenters. The summed E-state index contributed by atoms with van der Waals surface area (Å²) in [4.78, 5) is 2.26. The number of nitrogens with one attached hydrogen (secondary N) is 1. The first-order valence-electron chi connectivity index (χ1n) is 8.08. The summed E-state index contributed by atoms with van der Waals surface area (Å²) < 4.78 is 6.05. The Bertz CT molecular complexity index is 447. The molecule has 0 radical (unpaired) electrons. The second-order valence-corrected chi connectivity index (χ2v) is 7.05. The van der Waals surface area contributed by atoms with Crippen molar-refractivity contribution in [2.24, 2.45) is 5.92 Å². The van der Waals surface area contributed by atoms with E-state index in [1.165, 1.54) is 17.5 Å². The van der Waals surface area contributed by atoms with Crippen LogP contribution in [-0.4, -0.2) is 44.2 Å². The summed E-state index contributed by atoms with van der Waals surface area (Å²) in [5, 5.41) is 3.71. The maximum absolute atomic E-state index is 6.05. The Morgan fingerprint density at radius 2 is 2.10 bits per heavy atom. The van der Waals surface area contributed by atoms with E-state index in [0.29, 0.717) is 12.0 Å². The van der Waals surface area contributed by atoms with Gasteiger partial charge in [-0.3, -0.25) is 0 Å². The lowest BCUT2D eigenvalue weighted by Gasteiger charge is -2.25. The maximum Gasteiger partial charge on any atom is 0.123 e. The lowest BCUT2D eigenvalue weighted by Crippen LogP contribution is -2.43. The zero-order valence-electron chi connectivity index (χ0n) is 14.1. The number of hydrogen-bond acceptors (Lipinski definition) is 3. The number of likely N-dealkylation sites (N-methyl/N-ethyl adjacent to an activating group) is 1. The van der Waals surface area contributed by atoms with Crippen molar-refractivity contribution < 1.29 is 4.74 Å². The molecule has 1 aromatic rings. The Labute approximate surface area is 129 Å². The van der Waals surface area contributed by atoms with Crippen LogP contribution in [0.1, 0.15) is 31.4 Å². The van der Waals surface area contributed by atoms with E-state index in [1.54, 1.807) is 0 Å². The lowest BCUT2D eigenvalue weighted by atomic mass is 10.0. The lowest BCUT2D eigenvalue weighted by molar-refractivity contribution is 0.209. The molecule has 1 aromatic carbocycles. The summed E-state index contributed by atoms with van der Waals surface area (Å²) in [6.45, 7) is 8.72. The van der Waals surface area contributed by atoms with Crippen LogP contribution < -0.4 is 10.1 Å². The van der Waals surface area contributed by atoms with E-state index >= 15 is 0 Å². The summed E-state index contributed by atoms with van der Waals surface area (Å²) in [7, 11) is 4.28. The van der Waals surface area contributed by atoms with E-state index in [-0.39, 0.29) is 6.10 Å². The van der Waals surface area contributed by atoms with Crippen LogP contribution in [0.2, 0.25) is 0 Å². The van der Waals surface area contributed by atoms with Crippen molar-refractivity contribution >= 4 is 0 Å². The van der Waals surface area contributed by atoms with Crippen LogP contribution in [-0.2, 0) is 6.42 Å². The maximum atomic E-state index is 6.05. The Morgan fingerprint density at radius 3 is 2.76 bits per heavy atom. The van der Waals surface area contributed by atoms with Gasteiger partial charge in [0.05, 0.1) is 0 Å². The van der Waals surface area contributed by atoms with Crippen molar-refractivity contribution in [2.45, 2.75) is 45.8 Å². The highest BCUT2D eigenvalue weighted by Gasteiger charge is 2.23. The molecule has 0 spiro atoms. The normalized spacial score (nSPS) is 18.9. The van der Waals surface area contributed by atoms with Gasteiger partial charge in [-0.25, -0.2) is 0 Å². The molecule has 3 nitrogen and oxygen atoms in total. The molecule has 0 aromatic heterocycles. The third-order valence-electron chi connectivity index (χ3n) is 3.93. The Balaban J connectivity index is 1.85. The molecule has 2 rings (SSSR count). The number of benzene rings is 1. The van der Waals surface area contributed by atoms with Gasteiger partial charge in [0.1, 0.15) is 11.9 Å². The van der Waals surface area contributed by atoms with E-state index in [9.17, 15) is 0 Å². The summed E-state index contributed by atoms with van der Waals surface area (Å²) >= 11 is 0.